The highest BCUT2D eigenvalue weighted by Gasteiger charge is 2.41. The van der Waals surface area contributed by atoms with Crippen molar-refractivity contribution in [3.05, 3.63) is 33.8 Å². The lowest BCUT2D eigenvalue weighted by molar-refractivity contribution is -0.147. The summed E-state index contributed by atoms with van der Waals surface area (Å²) in [4.78, 5) is 22.7. The van der Waals surface area contributed by atoms with Crippen LogP contribution in [0.5, 0.6) is 0 Å². The number of primary amides is 2. The van der Waals surface area contributed by atoms with Crippen LogP contribution in [0.4, 0.5) is 0 Å². The first kappa shape index (κ1) is 14.8. The standard InChI is InChI=1S/C11H12Cl2N2O3/c1-18-11(10(15)17,5-9(14)16)6-2-7(12)4-8(13)3-6/h2-4H,5H2,1H3,(H2,14,16)(H2,15,17). The van der Waals surface area contributed by atoms with E-state index in [0.717, 1.165) is 0 Å². The van der Waals surface area contributed by atoms with Crippen LogP contribution in [0.25, 0.3) is 0 Å². The highest BCUT2D eigenvalue weighted by Crippen LogP contribution is 2.32. The Morgan fingerprint density at radius 3 is 2.06 bits per heavy atom. The quantitative estimate of drug-likeness (QED) is 0.853. The second-order valence-corrected chi connectivity index (χ2v) is 4.57. The van der Waals surface area contributed by atoms with Crippen molar-refractivity contribution < 1.29 is 14.3 Å². The molecule has 1 rings (SSSR count). The van der Waals surface area contributed by atoms with Crippen LogP contribution in [0.15, 0.2) is 18.2 Å². The molecule has 0 saturated carbocycles. The molecular formula is C11H12Cl2N2O3. The number of carbonyl (C=O) groups is 2. The summed E-state index contributed by atoms with van der Waals surface area (Å²) >= 11 is 11.7. The van der Waals surface area contributed by atoms with Crippen LogP contribution in [0.2, 0.25) is 10.0 Å². The fourth-order valence-electron chi connectivity index (χ4n) is 1.65. The maximum Gasteiger partial charge on any atom is 0.254 e. The van der Waals surface area contributed by atoms with Crippen LogP contribution in [-0.2, 0) is 19.9 Å². The van der Waals surface area contributed by atoms with E-state index in [0.29, 0.717) is 10.0 Å². The third kappa shape index (κ3) is 2.93. The van der Waals surface area contributed by atoms with Crippen molar-refractivity contribution in [2.75, 3.05) is 7.11 Å². The van der Waals surface area contributed by atoms with E-state index in [2.05, 4.69) is 0 Å². The van der Waals surface area contributed by atoms with Gasteiger partial charge in [0, 0.05) is 17.2 Å². The molecule has 0 fully saturated rings. The number of hydrogen-bond acceptors (Lipinski definition) is 3. The highest BCUT2D eigenvalue weighted by atomic mass is 35.5. The summed E-state index contributed by atoms with van der Waals surface area (Å²) in [5.74, 6) is -1.58. The molecule has 1 unspecified atom stereocenters. The number of ether oxygens (including phenoxy) is 1. The van der Waals surface area contributed by atoms with Crippen molar-refractivity contribution in [3.63, 3.8) is 0 Å². The lowest BCUT2D eigenvalue weighted by Gasteiger charge is -2.28. The van der Waals surface area contributed by atoms with Gasteiger partial charge in [0.25, 0.3) is 5.91 Å². The number of halogens is 2. The summed E-state index contributed by atoms with van der Waals surface area (Å²) < 4.78 is 5.11. The molecule has 5 nitrogen and oxygen atoms in total. The van der Waals surface area contributed by atoms with Gasteiger partial charge in [-0.3, -0.25) is 9.59 Å². The maximum absolute atomic E-state index is 11.6. The molecule has 0 aliphatic rings. The average molecular weight is 291 g/mol. The third-order valence-corrected chi connectivity index (χ3v) is 2.93. The Bertz CT molecular complexity index is 473. The number of methoxy groups -OCH3 is 1. The van der Waals surface area contributed by atoms with Crippen LogP contribution in [0.1, 0.15) is 12.0 Å². The van der Waals surface area contributed by atoms with Gasteiger partial charge in [-0.1, -0.05) is 23.2 Å². The van der Waals surface area contributed by atoms with E-state index >= 15 is 0 Å². The normalized spacial score (nSPS) is 13.9. The zero-order chi connectivity index (χ0) is 13.9. The number of carbonyl (C=O) groups excluding carboxylic acids is 2. The van der Waals surface area contributed by atoms with E-state index in [9.17, 15) is 9.59 Å². The Kier molecular flexibility index (Phi) is 4.56. The number of amides is 2. The predicted molar refractivity (Wildman–Crippen MR) is 68.2 cm³/mol. The maximum atomic E-state index is 11.6. The summed E-state index contributed by atoms with van der Waals surface area (Å²) in [7, 11) is 1.25. The van der Waals surface area contributed by atoms with Gasteiger partial charge < -0.3 is 16.2 Å². The molecule has 0 spiro atoms. The van der Waals surface area contributed by atoms with Crippen molar-refractivity contribution in [1.29, 1.82) is 0 Å². The number of nitrogens with two attached hydrogens (primary N) is 2. The molecule has 1 atom stereocenters. The minimum Gasteiger partial charge on any atom is -0.370 e. The Morgan fingerprint density at radius 2 is 1.72 bits per heavy atom. The zero-order valence-electron chi connectivity index (χ0n) is 9.57. The lowest BCUT2D eigenvalue weighted by atomic mass is 9.89. The fourth-order valence-corrected chi connectivity index (χ4v) is 2.18. The van der Waals surface area contributed by atoms with Crippen molar-refractivity contribution >= 4 is 35.0 Å². The second kappa shape index (κ2) is 5.56. The van der Waals surface area contributed by atoms with Crippen LogP contribution < -0.4 is 11.5 Å². The van der Waals surface area contributed by atoms with E-state index < -0.39 is 23.8 Å². The molecule has 0 heterocycles. The molecule has 0 aliphatic heterocycles. The van der Waals surface area contributed by atoms with E-state index in [4.69, 9.17) is 39.4 Å². The van der Waals surface area contributed by atoms with Crippen molar-refractivity contribution in [3.8, 4) is 0 Å². The predicted octanol–water partition coefficient (Wildman–Crippen LogP) is 1.20. The van der Waals surface area contributed by atoms with E-state index in [1.807, 2.05) is 0 Å². The van der Waals surface area contributed by atoms with Gasteiger partial charge in [-0.25, -0.2) is 0 Å². The van der Waals surface area contributed by atoms with Gasteiger partial charge in [0.05, 0.1) is 6.42 Å². The molecule has 0 saturated heterocycles. The SMILES string of the molecule is COC(CC(N)=O)(C(N)=O)c1cc(Cl)cc(Cl)c1. The molecule has 0 bridgehead atoms. The topological polar surface area (TPSA) is 95.4 Å². The number of benzene rings is 1. The molecule has 1 aromatic carbocycles. The van der Waals surface area contributed by atoms with Gasteiger partial charge in [0.15, 0.2) is 5.60 Å². The minimum absolute atomic E-state index is 0.286. The Balaban J connectivity index is 3.41. The molecule has 2 amide bonds. The number of rotatable bonds is 5. The summed E-state index contributed by atoms with van der Waals surface area (Å²) in [5, 5.41) is 0.592. The van der Waals surface area contributed by atoms with E-state index in [-0.39, 0.29) is 5.56 Å². The summed E-state index contributed by atoms with van der Waals surface area (Å²) in [6, 6.07) is 4.38. The largest absolute Gasteiger partial charge is 0.370 e. The molecule has 0 aliphatic carbocycles. The molecule has 18 heavy (non-hydrogen) atoms. The van der Waals surface area contributed by atoms with E-state index in [1.54, 1.807) is 0 Å². The van der Waals surface area contributed by atoms with E-state index in [1.165, 1.54) is 25.3 Å². The Labute approximate surface area is 114 Å². The van der Waals surface area contributed by atoms with Crippen LogP contribution in [-0.4, -0.2) is 18.9 Å². The summed E-state index contributed by atoms with van der Waals surface area (Å²) in [6.45, 7) is 0. The molecule has 0 aromatic heterocycles. The third-order valence-electron chi connectivity index (χ3n) is 2.50. The summed E-state index contributed by atoms with van der Waals surface area (Å²) in [6.07, 6.45) is -0.393. The Morgan fingerprint density at radius 1 is 1.22 bits per heavy atom. The van der Waals surface area contributed by atoms with Gasteiger partial charge >= 0.3 is 0 Å². The highest BCUT2D eigenvalue weighted by molar-refractivity contribution is 6.34. The lowest BCUT2D eigenvalue weighted by Crippen LogP contribution is -2.45. The first-order valence-electron chi connectivity index (χ1n) is 4.92. The van der Waals surface area contributed by atoms with Gasteiger partial charge in [-0.2, -0.15) is 0 Å². The van der Waals surface area contributed by atoms with Crippen molar-refractivity contribution in [1.82, 2.24) is 0 Å². The molecule has 1 aromatic rings. The second-order valence-electron chi connectivity index (χ2n) is 3.70. The molecule has 0 radical (unpaired) electrons. The fraction of sp³-hybridized carbons (Fsp3) is 0.273. The minimum atomic E-state index is -1.67. The zero-order valence-corrected chi connectivity index (χ0v) is 11.1. The van der Waals surface area contributed by atoms with Gasteiger partial charge in [0.1, 0.15) is 0 Å². The van der Waals surface area contributed by atoms with Gasteiger partial charge in [0.2, 0.25) is 5.91 Å². The summed E-state index contributed by atoms with van der Waals surface area (Å²) in [5.41, 5.74) is 9.04. The van der Waals surface area contributed by atoms with Gasteiger partial charge in [-0.05, 0) is 23.8 Å². The van der Waals surface area contributed by atoms with Crippen LogP contribution in [0, 0.1) is 0 Å². The smallest absolute Gasteiger partial charge is 0.254 e. The first-order valence-corrected chi connectivity index (χ1v) is 5.67. The molecule has 98 valence electrons. The monoisotopic (exact) mass is 290 g/mol. The molecule has 4 N–H and O–H groups in total. The van der Waals surface area contributed by atoms with Crippen molar-refractivity contribution in [2.24, 2.45) is 11.5 Å². The average Bonchev–Trinajstić information content (AvgIpc) is 2.23. The van der Waals surface area contributed by atoms with Crippen LogP contribution >= 0.6 is 23.2 Å². The molecular weight excluding hydrogens is 279 g/mol. The Hall–Kier alpha value is -1.30. The van der Waals surface area contributed by atoms with Gasteiger partial charge in [-0.15, -0.1) is 0 Å². The first-order chi connectivity index (χ1) is 8.31. The van der Waals surface area contributed by atoms with Crippen LogP contribution in [0.3, 0.4) is 0 Å². The molecule has 7 heteroatoms. The van der Waals surface area contributed by atoms with Crippen molar-refractivity contribution in [2.45, 2.75) is 12.0 Å². The number of hydrogen-bond donors (Lipinski definition) is 2.